The van der Waals surface area contributed by atoms with E-state index in [4.69, 9.17) is 0 Å². The van der Waals surface area contributed by atoms with Gasteiger partial charge in [-0.2, -0.15) is 5.10 Å². The molecule has 0 fully saturated rings. The Bertz CT molecular complexity index is 195. The van der Waals surface area contributed by atoms with Crippen LogP contribution in [0.15, 0.2) is 12.7 Å². The van der Waals surface area contributed by atoms with Crippen LogP contribution in [0.1, 0.15) is 13.8 Å². The molecule has 11 heavy (non-hydrogen) atoms. The van der Waals surface area contributed by atoms with Gasteiger partial charge in [-0.25, -0.2) is 4.98 Å². The molecule has 1 N–H and O–H groups in total. The topological polar surface area (TPSA) is 50.9 Å². The Balaban J connectivity index is 2.43. The fraction of sp³-hybridized carbons (Fsp3) is 0.714. The van der Waals surface area contributed by atoms with Crippen molar-refractivity contribution in [2.45, 2.75) is 26.5 Å². The summed E-state index contributed by atoms with van der Waals surface area (Å²) in [5.41, 5.74) is 0. The summed E-state index contributed by atoms with van der Waals surface area (Å²) in [5.74, 6) is 0.263. The number of aliphatic hydroxyl groups excluding tert-OH is 1. The number of aliphatic hydroxyl groups is 1. The lowest BCUT2D eigenvalue weighted by Gasteiger charge is -2.13. The number of hydrogen-bond donors (Lipinski definition) is 1. The molecular formula is C7H13N3O. The molecule has 1 unspecified atom stereocenters. The Hall–Kier alpha value is -0.900. The van der Waals surface area contributed by atoms with Gasteiger partial charge in [-0.1, -0.05) is 13.8 Å². The van der Waals surface area contributed by atoms with E-state index in [1.807, 2.05) is 13.8 Å². The quantitative estimate of drug-likeness (QED) is 0.682. The minimum absolute atomic E-state index is 0.263. The summed E-state index contributed by atoms with van der Waals surface area (Å²) in [4.78, 5) is 3.78. The predicted molar refractivity (Wildman–Crippen MR) is 40.9 cm³/mol. The minimum atomic E-state index is -0.336. The smallest absolute Gasteiger partial charge is 0.137 e. The second-order valence-corrected chi connectivity index (χ2v) is 2.93. The first-order chi connectivity index (χ1) is 5.20. The Kier molecular flexibility index (Phi) is 2.59. The highest BCUT2D eigenvalue weighted by molar-refractivity contribution is 4.63. The molecule has 4 heteroatoms. The van der Waals surface area contributed by atoms with Gasteiger partial charge in [0, 0.05) is 0 Å². The van der Waals surface area contributed by atoms with Crippen LogP contribution in [0, 0.1) is 5.92 Å². The number of hydrogen-bond acceptors (Lipinski definition) is 3. The molecule has 0 aliphatic carbocycles. The third-order valence-electron chi connectivity index (χ3n) is 1.61. The molecule has 0 aromatic carbocycles. The standard InChI is InChI=1S/C7H13N3O/c1-6(2)7(11)3-10-5-8-4-9-10/h4-7,11H,3H2,1-2H3. The Morgan fingerprint density at radius 2 is 2.27 bits per heavy atom. The minimum Gasteiger partial charge on any atom is -0.391 e. The van der Waals surface area contributed by atoms with Crippen LogP contribution in [-0.2, 0) is 6.54 Å². The van der Waals surface area contributed by atoms with Gasteiger partial charge in [0.2, 0.25) is 0 Å². The highest BCUT2D eigenvalue weighted by atomic mass is 16.3. The van der Waals surface area contributed by atoms with Crippen molar-refractivity contribution in [2.24, 2.45) is 5.92 Å². The zero-order chi connectivity index (χ0) is 8.27. The van der Waals surface area contributed by atoms with Crippen LogP contribution in [0.25, 0.3) is 0 Å². The van der Waals surface area contributed by atoms with E-state index in [0.717, 1.165) is 0 Å². The van der Waals surface area contributed by atoms with Crippen LogP contribution in [0.2, 0.25) is 0 Å². The summed E-state index contributed by atoms with van der Waals surface area (Å²) in [5, 5.41) is 13.3. The normalized spacial score (nSPS) is 13.8. The summed E-state index contributed by atoms with van der Waals surface area (Å²) in [6.45, 7) is 4.47. The van der Waals surface area contributed by atoms with Crippen molar-refractivity contribution in [3.63, 3.8) is 0 Å². The molecule has 4 nitrogen and oxygen atoms in total. The van der Waals surface area contributed by atoms with Crippen LogP contribution < -0.4 is 0 Å². The lowest BCUT2D eigenvalue weighted by molar-refractivity contribution is 0.103. The average Bonchev–Trinajstić information content (AvgIpc) is 2.39. The van der Waals surface area contributed by atoms with E-state index in [-0.39, 0.29) is 12.0 Å². The molecule has 0 spiro atoms. The van der Waals surface area contributed by atoms with E-state index in [1.54, 1.807) is 11.0 Å². The molecule has 0 aliphatic rings. The summed E-state index contributed by atoms with van der Waals surface area (Å²) < 4.78 is 1.63. The third-order valence-corrected chi connectivity index (χ3v) is 1.61. The van der Waals surface area contributed by atoms with Crippen LogP contribution >= 0.6 is 0 Å². The molecule has 0 saturated carbocycles. The molecule has 1 aromatic heterocycles. The first-order valence-corrected chi connectivity index (χ1v) is 3.70. The molecule has 62 valence electrons. The van der Waals surface area contributed by atoms with Gasteiger partial charge in [-0.05, 0) is 5.92 Å². The highest BCUT2D eigenvalue weighted by Gasteiger charge is 2.09. The fourth-order valence-electron chi connectivity index (χ4n) is 0.729. The largest absolute Gasteiger partial charge is 0.391 e. The second kappa shape index (κ2) is 3.48. The first kappa shape index (κ1) is 8.20. The number of rotatable bonds is 3. The average molecular weight is 155 g/mol. The molecule has 1 aromatic rings. The van der Waals surface area contributed by atoms with Gasteiger partial charge in [0.25, 0.3) is 0 Å². The van der Waals surface area contributed by atoms with E-state index in [2.05, 4.69) is 10.1 Å². The van der Waals surface area contributed by atoms with E-state index >= 15 is 0 Å². The molecule has 0 aliphatic heterocycles. The van der Waals surface area contributed by atoms with Gasteiger partial charge in [0.05, 0.1) is 12.6 Å². The zero-order valence-electron chi connectivity index (χ0n) is 6.81. The molecule has 1 atom stereocenters. The zero-order valence-corrected chi connectivity index (χ0v) is 6.81. The highest BCUT2D eigenvalue weighted by Crippen LogP contribution is 2.02. The van der Waals surface area contributed by atoms with Gasteiger partial charge in [-0.3, -0.25) is 4.68 Å². The maximum atomic E-state index is 9.41. The molecular weight excluding hydrogens is 142 g/mol. The van der Waals surface area contributed by atoms with E-state index in [9.17, 15) is 5.11 Å². The first-order valence-electron chi connectivity index (χ1n) is 3.70. The number of aromatic nitrogens is 3. The van der Waals surface area contributed by atoms with Crippen LogP contribution in [0.4, 0.5) is 0 Å². The Morgan fingerprint density at radius 1 is 1.55 bits per heavy atom. The van der Waals surface area contributed by atoms with E-state index in [0.29, 0.717) is 6.54 Å². The monoisotopic (exact) mass is 155 g/mol. The predicted octanol–water partition coefficient (Wildman–Crippen LogP) is 0.295. The van der Waals surface area contributed by atoms with Crippen molar-refractivity contribution in [1.82, 2.24) is 14.8 Å². The van der Waals surface area contributed by atoms with Crippen molar-refractivity contribution >= 4 is 0 Å². The molecule has 0 radical (unpaired) electrons. The lowest BCUT2D eigenvalue weighted by Crippen LogP contribution is -2.21. The Labute approximate surface area is 65.9 Å². The van der Waals surface area contributed by atoms with Crippen molar-refractivity contribution < 1.29 is 5.11 Å². The van der Waals surface area contributed by atoms with Gasteiger partial charge in [0.15, 0.2) is 0 Å². The summed E-state index contributed by atoms with van der Waals surface area (Å²) in [6, 6.07) is 0. The maximum absolute atomic E-state index is 9.41. The molecule has 1 heterocycles. The third kappa shape index (κ3) is 2.31. The van der Waals surface area contributed by atoms with Crippen molar-refractivity contribution in [2.75, 3.05) is 0 Å². The van der Waals surface area contributed by atoms with Crippen LogP contribution in [0.3, 0.4) is 0 Å². The summed E-state index contributed by atoms with van der Waals surface area (Å²) in [7, 11) is 0. The van der Waals surface area contributed by atoms with Gasteiger partial charge >= 0.3 is 0 Å². The van der Waals surface area contributed by atoms with Gasteiger partial charge in [0.1, 0.15) is 12.7 Å². The SMILES string of the molecule is CC(C)C(O)Cn1cncn1. The summed E-state index contributed by atoms with van der Waals surface area (Å²) in [6.07, 6.45) is 2.73. The van der Waals surface area contributed by atoms with E-state index in [1.165, 1.54) is 6.33 Å². The second-order valence-electron chi connectivity index (χ2n) is 2.93. The molecule has 0 bridgehead atoms. The molecule has 1 rings (SSSR count). The van der Waals surface area contributed by atoms with Crippen molar-refractivity contribution in [3.8, 4) is 0 Å². The van der Waals surface area contributed by atoms with Gasteiger partial charge < -0.3 is 5.11 Å². The van der Waals surface area contributed by atoms with Gasteiger partial charge in [-0.15, -0.1) is 0 Å². The lowest BCUT2D eigenvalue weighted by atomic mass is 10.1. The van der Waals surface area contributed by atoms with Crippen molar-refractivity contribution in [3.05, 3.63) is 12.7 Å². The van der Waals surface area contributed by atoms with Crippen LogP contribution in [-0.4, -0.2) is 26.0 Å². The molecule has 0 amide bonds. The Morgan fingerprint density at radius 3 is 2.73 bits per heavy atom. The molecule has 0 saturated heterocycles. The number of nitrogens with zero attached hydrogens (tertiary/aromatic N) is 3. The maximum Gasteiger partial charge on any atom is 0.137 e. The van der Waals surface area contributed by atoms with Crippen LogP contribution in [0.5, 0.6) is 0 Å². The van der Waals surface area contributed by atoms with Crippen molar-refractivity contribution in [1.29, 1.82) is 0 Å². The summed E-state index contributed by atoms with van der Waals surface area (Å²) >= 11 is 0. The fourth-order valence-corrected chi connectivity index (χ4v) is 0.729. The van der Waals surface area contributed by atoms with E-state index < -0.39 is 0 Å².